The first-order valence-electron chi connectivity index (χ1n) is 9.91. The molecule has 1 aromatic heterocycles. The highest BCUT2D eigenvalue weighted by molar-refractivity contribution is 6.08. The smallest absolute Gasteiger partial charge is 0.434 e. The highest BCUT2D eigenvalue weighted by Gasteiger charge is 2.40. The number of carbonyl (C=O) groups excluding carboxylic acids is 1. The number of ether oxygens (including phenoxy) is 1. The van der Waals surface area contributed by atoms with Gasteiger partial charge in [-0.25, -0.2) is 9.37 Å². The van der Waals surface area contributed by atoms with E-state index in [4.69, 9.17) is 15.9 Å². The number of amides is 1. The molecule has 0 unspecified atom stereocenters. The quantitative estimate of drug-likeness (QED) is 0.321. The second-order valence-electron chi connectivity index (χ2n) is 7.46. The molecule has 2 rings (SSSR count). The minimum atomic E-state index is -5.23. The predicted octanol–water partition coefficient (Wildman–Crippen LogP) is 3.92. The van der Waals surface area contributed by atoms with E-state index in [0.29, 0.717) is 24.8 Å². The van der Waals surface area contributed by atoms with Crippen LogP contribution in [0.5, 0.6) is 5.75 Å². The maximum Gasteiger partial charge on any atom is 0.434 e. The molecule has 1 atom stereocenters. The van der Waals surface area contributed by atoms with Crippen LogP contribution < -0.4 is 15.8 Å². The Morgan fingerprint density at radius 3 is 2.36 bits per heavy atom. The van der Waals surface area contributed by atoms with Crippen molar-refractivity contribution in [3.63, 3.8) is 0 Å². The van der Waals surface area contributed by atoms with Gasteiger partial charge in [-0.2, -0.15) is 26.3 Å². The van der Waals surface area contributed by atoms with E-state index in [1.54, 1.807) is 5.32 Å². The Hall–Kier alpha value is -3.75. The third kappa shape index (κ3) is 6.47. The second-order valence-corrected chi connectivity index (χ2v) is 7.46. The van der Waals surface area contributed by atoms with E-state index in [1.165, 1.54) is 6.92 Å². The molecule has 0 fully saturated rings. The zero-order chi connectivity index (χ0) is 27.6. The maximum absolute atomic E-state index is 15.0. The predicted molar refractivity (Wildman–Crippen MR) is 112 cm³/mol. The van der Waals surface area contributed by atoms with Gasteiger partial charge in [-0.1, -0.05) is 0 Å². The molecule has 0 aliphatic rings. The lowest BCUT2D eigenvalue weighted by molar-refractivity contribution is -0.189. The van der Waals surface area contributed by atoms with E-state index in [9.17, 15) is 40.6 Å². The minimum absolute atomic E-state index is 0.0405. The molecular formula is C21H20F7N5O3. The third-order valence-corrected chi connectivity index (χ3v) is 4.72. The molecule has 196 valence electrons. The van der Waals surface area contributed by atoms with Crippen molar-refractivity contribution in [2.75, 3.05) is 0 Å². The van der Waals surface area contributed by atoms with Crippen molar-refractivity contribution in [2.45, 2.75) is 45.8 Å². The summed E-state index contributed by atoms with van der Waals surface area (Å²) in [5, 5.41) is 18.3. The average molecular weight is 523 g/mol. The van der Waals surface area contributed by atoms with Crippen molar-refractivity contribution in [1.82, 2.24) is 15.3 Å². The first-order chi connectivity index (χ1) is 16.5. The molecule has 0 bridgehead atoms. The zero-order valence-electron chi connectivity index (χ0n) is 18.9. The van der Waals surface area contributed by atoms with Crippen LogP contribution in [0.4, 0.5) is 30.7 Å². The normalized spacial score (nSPS) is 13.6. The summed E-state index contributed by atoms with van der Waals surface area (Å²) in [5.41, 5.74) is 0.218. The molecule has 8 nitrogen and oxygen atoms in total. The minimum Gasteiger partial charge on any atom is -0.480 e. The van der Waals surface area contributed by atoms with E-state index in [0.717, 1.165) is 13.1 Å². The Labute approximate surface area is 199 Å². The molecule has 2 aromatic rings. The molecule has 1 heterocycles. The van der Waals surface area contributed by atoms with Gasteiger partial charge in [-0.05, 0) is 32.9 Å². The number of hydrogen-bond donors (Lipinski definition) is 4. The van der Waals surface area contributed by atoms with Gasteiger partial charge in [0, 0.05) is 11.3 Å². The van der Waals surface area contributed by atoms with Crippen LogP contribution in [-0.4, -0.2) is 45.1 Å². The Kier molecular flexibility index (Phi) is 8.29. The number of nitrogens with one attached hydrogen (secondary N) is 2. The molecule has 0 saturated carbocycles. The molecule has 1 amide bonds. The van der Waals surface area contributed by atoms with Gasteiger partial charge in [-0.3, -0.25) is 15.2 Å². The van der Waals surface area contributed by atoms with E-state index in [2.05, 4.69) is 9.97 Å². The number of hydrogen-bond acceptors (Lipinski definition) is 7. The second kappa shape index (κ2) is 10.5. The summed E-state index contributed by atoms with van der Waals surface area (Å²) in [5.74, 6) is -3.59. The molecule has 0 spiro atoms. The average Bonchev–Trinajstić information content (AvgIpc) is 2.76. The van der Waals surface area contributed by atoms with E-state index < -0.39 is 70.8 Å². The standard InChI is InChI=1S/C21H20F7N5O3/c1-8(29)17(18(30)21(26,27)28)33-19(35)12-4-13(22)11(5-16(12)36-10(3)20(23,24)25)14-6-31-9(2)15(7-34)32-14/h4-6,10,30,34H,7,29H2,1-3H3,(H,33,35)/b17-8+,30-18?/t10-/m0/s1. The van der Waals surface area contributed by atoms with Crippen LogP contribution in [0.3, 0.4) is 0 Å². The summed E-state index contributed by atoms with van der Waals surface area (Å²) >= 11 is 0. The number of aryl methyl sites for hydroxylation is 1. The van der Waals surface area contributed by atoms with Crippen LogP contribution in [-0.2, 0) is 6.61 Å². The van der Waals surface area contributed by atoms with E-state index in [-0.39, 0.29) is 11.4 Å². The number of aromatic nitrogens is 2. The van der Waals surface area contributed by atoms with Gasteiger partial charge in [0.05, 0.1) is 41.1 Å². The topological polar surface area (TPSA) is 134 Å². The molecule has 0 aliphatic carbocycles. The SMILES string of the molecule is C/C(N)=C(\NC(=O)c1cc(F)c(-c2cnc(C)c(CO)n2)cc1O[C@@H](C)C(F)(F)F)C(=N)C(F)(F)F. The Morgan fingerprint density at radius 1 is 1.25 bits per heavy atom. The summed E-state index contributed by atoms with van der Waals surface area (Å²) in [4.78, 5) is 20.6. The molecule has 0 radical (unpaired) electrons. The van der Waals surface area contributed by atoms with Crippen molar-refractivity contribution in [1.29, 1.82) is 5.41 Å². The fourth-order valence-electron chi connectivity index (χ4n) is 2.73. The molecular weight excluding hydrogens is 503 g/mol. The zero-order valence-corrected chi connectivity index (χ0v) is 18.9. The maximum atomic E-state index is 15.0. The Balaban J connectivity index is 2.65. The first kappa shape index (κ1) is 28.5. The van der Waals surface area contributed by atoms with Crippen molar-refractivity contribution in [3.8, 4) is 17.0 Å². The van der Waals surface area contributed by atoms with Gasteiger partial charge in [0.15, 0.2) is 11.8 Å². The fraction of sp³-hybridized carbons (Fsp3) is 0.333. The lowest BCUT2D eigenvalue weighted by Crippen LogP contribution is -2.37. The van der Waals surface area contributed by atoms with Crippen LogP contribution >= 0.6 is 0 Å². The lowest BCUT2D eigenvalue weighted by atomic mass is 10.1. The van der Waals surface area contributed by atoms with E-state index >= 15 is 0 Å². The number of carbonyl (C=O) groups is 1. The largest absolute Gasteiger partial charge is 0.480 e. The number of nitrogens with two attached hydrogens (primary N) is 1. The summed E-state index contributed by atoms with van der Waals surface area (Å²) in [7, 11) is 0. The van der Waals surface area contributed by atoms with Gasteiger partial charge < -0.3 is 20.9 Å². The molecule has 15 heteroatoms. The number of benzene rings is 1. The molecule has 0 aliphatic heterocycles. The first-order valence-corrected chi connectivity index (χ1v) is 9.91. The number of halogens is 7. The lowest BCUT2D eigenvalue weighted by Gasteiger charge is -2.21. The van der Waals surface area contributed by atoms with Crippen molar-refractivity contribution < 1.29 is 45.4 Å². The number of allylic oxidation sites excluding steroid dienone is 2. The number of aliphatic hydroxyl groups is 1. The number of aliphatic hydroxyl groups excluding tert-OH is 1. The van der Waals surface area contributed by atoms with Crippen LogP contribution in [0.2, 0.25) is 0 Å². The highest BCUT2D eigenvalue weighted by Crippen LogP contribution is 2.33. The molecule has 5 N–H and O–H groups in total. The molecule has 1 aromatic carbocycles. The van der Waals surface area contributed by atoms with E-state index in [1.807, 2.05) is 0 Å². The molecule has 36 heavy (non-hydrogen) atoms. The Morgan fingerprint density at radius 2 is 1.86 bits per heavy atom. The van der Waals surface area contributed by atoms with Crippen LogP contribution in [0.1, 0.15) is 35.6 Å². The Bertz CT molecular complexity index is 1210. The van der Waals surface area contributed by atoms with Crippen LogP contribution in [0.15, 0.2) is 29.7 Å². The monoisotopic (exact) mass is 523 g/mol. The van der Waals surface area contributed by atoms with Gasteiger partial charge in [0.1, 0.15) is 11.6 Å². The number of alkyl halides is 6. The van der Waals surface area contributed by atoms with Crippen molar-refractivity contribution in [3.05, 3.63) is 52.5 Å². The summed E-state index contributed by atoms with van der Waals surface area (Å²) < 4.78 is 98.2. The molecule has 0 saturated heterocycles. The third-order valence-electron chi connectivity index (χ3n) is 4.72. The van der Waals surface area contributed by atoms with Gasteiger partial charge in [-0.15, -0.1) is 0 Å². The van der Waals surface area contributed by atoms with Crippen LogP contribution in [0, 0.1) is 18.2 Å². The number of nitrogens with zero attached hydrogens (tertiary/aromatic N) is 2. The number of rotatable bonds is 7. The summed E-state index contributed by atoms with van der Waals surface area (Å²) in [6.07, 6.45) is -11.6. The van der Waals surface area contributed by atoms with Crippen LogP contribution in [0.25, 0.3) is 11.3 Å². The van der Waals surface area contributed by atoms with Gasteiger partial charge >= 0.3 is 12.4 Å². The highest BCUT2D eigenvalue weighted by atomic mass is 19.4. The summed E-state index contributed by atoms with van der Waals surface area (Å²) in [6.45, 7) is 2.45. The van der Waals surface area contributed by atoms with Crippen molar-refractivity contribution >= 4 is 11.6 Å². The van der Waals surface area contributed by atoms with Gasteiger partial charge in [0.25, 0.3) is 5.91 Å². The fourth-order valence-corrected chi connectivity index (χ4v) is 2.73. The summed E-state index contributed by atoms with van der Waals surface area (Å²) in [6, 6.07) is 1.13. The van der Waals surface area contributed by atoms with Gasteiger partial charge in [0.2, 0.25) is 0 Å². The van der Waals surface area contributed by atoms with Crippen molar-refractivity contribution in [2.24, 2.45) is 5.73 Å².